The molecule has 1 aliphatic heterocycles. The number of amides is 1. The second kappa shape index (κ2) is 4.30. The zero-order chi connectivity index (χ0) is 13.3. The molecule has 1 amide bonds. The second-order valence-corrected chi connectivity index (χ2v) is 5.08. The summed E-state index contributed by atoms with van der Waals surface area (Å²) in [6.45, 7) is 0. The number of hydrogen-bond donors (Lipinski definition) is 1. The third-order valence-corrected chi connectivity index (χ3v) is 3.25. The molecule has 1 aliphatic rings. The highest BCUT2D eigenvalue weighted by atomic mass is 32.2. The van der Waals surface area contributed by atoms with E-state index in [2.05, 4.69) is 10.1 Å². The molecular formula is C10H9NO6S. The number of ether oxygens (including phenoxy) is 1. The molecule has 0 saturated carbocycles. The van der Waals surface area contributed by atoms with E-state index in [4.69, 9.17) is 4.18 Å². The fraction of sp³-hybridized carbons (Fsp3) is 0.200. The molecule has 1 heterocycles. The fourth-order valence-corrected chi connectivity index (χ4v) is 2.38. The van der Waals surface area contributed by atoms with Gasteiger partial charge in [-0.2, -0.15) is 8.42 Å². The van der Waals surface area contributed by atoms with Gasteiger partial charge in [0.2, 0.25) is 5.91 Å². The van der Waals surface area contributed by atoms with Crippen LogP contribution in [0.5, 0.6) is 5.75 Å². The molecule has 0 bridgehead atoms. The lowest BCUT2D eigenvalue weighted by Crippen LogP contribution is -2.22. The van der Waals surface area contributed by atoms with Crippen molar-refractivity contribution in [1.29, 1.82) is 0 Å². The Bertz CT molecular complexity index is 621. The maximum Gasteiger partial charge on any atom is 0.341 e. The number of esters is 1. The van der Waals surface area contributed by atoms with Crippen LogP contribution in [-0.4, -0.2) is 33.2 Å². The van der Waals surface area contributed by atoms with Gasteiger partial charge in [0.25, 0.3) is 0 Å². The summed E-state index contributed by atoms with van der Waals surface area (Å²) in [4.78, 5) is 22.8. The molecule has 96 valence electrons. The van der Waals surface area contributed by atoms with Crippen LogP contribution in [0, 0.1) is 0 Å². The van der Waals surface area contributed by atoms with Crippen molar-refractivity contribution in [2.45, 2.75) is 0 Å². The Morgan fingerprint density at radius 3 is 2.83 bits per heavy atom. The van der Waals surface area contributed by atoms with Crippen molar-refractivity contribution in [3.8, 4) is 5.75 Å². The van der Waals surface area contributed by atoms with E-state index in [1.807, 2.05) is 0 Å². The topological polar surface area (TPSA) is 98.8 Å². The van der Waals surface area contributed by atoms with Crippen molar-refractivity contribution in [2.75, 3.05) is 18.2 Å². The Hall–Kier alpha value is -2.09. The highest BCUT2D eigenvalue weighted by Gasteiger charge is 2.29. The van der Waals surface area contributed by atoms with Gasteiger partial charge in [0.05, 0.1) is 12.8 Å². The molecule has 0 fully saturated rings. The molecular weight excluding hydrogens is 262 g/mol. The zero-order valence-corrected chi connectivity index (χ0v) is 10.1. The van der Waals surface area contributed by atoms with E-state index in [9.17, 15) is 18.0 Å². The van der Waals surface area contributed by atoms with Gasteiger partial charge in [-0.15, -0.1) is 0 Å². The molecule has 18 heavy (non-hydrogen) atoms. The quantitative estimate of drug-likeness (QED) is 0.576. The summed E-state index contributed by atoms with van der Waals surface area (Å²) < 4.78 is 32.2. The predicted octanol–water partition coefficient (Wildman–Crippen LogP) is 0.134. The zero-order valence-electron chi connectivity index (χ0n) is 9.30. The molecule has 1 aromatic rings. The van der Waals surface area contributed by atoms with Gasteiger partial charge in [0.1, 0.15) is 5.56 Å². The minimum Gasteiger partial charge on any atom is -0.465 e. The third kappa shape index (κ3) is 2.28. The summed E-state index contributed by atoms with van der Waals surface area (Å²) in [6, 6.07) is 4.25. The first-order valence-electron chi connectivity index (χ1n) is 4.86. The van der Waals surface area contributed by atoms with Crippen molar-refractivity contribution < 1.29 is 26.9 Å². The number of methoxy groups -OCH3 is 1. The Kier molecular flexibility index (Phi) is 2.95. The number of carbonyl (C=O) groups is 2. The fourth-order valence-electron chi connectivity index (χ4n) is 1.50. The van der Waals surface area contributed by atoms with E-state index in [1.54, 1.807) is 0 Å². The monoisotopic (exact) mass is 271 g/mol. The van der Waals surface area contributed by atoms with Crippen molar-refractivity contribution >= 4 is 27.7 Å². The molecule has 0 atom stereocenters. The second-order valence-electron chi connectivity index (χ2n) is 3.51. The molecule has 0 aromatic heterocycles. The van der Waals surface area contributed by atoms with Crippen molar-refractivity contribution in [1.82, 2.24) is 0 Å². The Morgan fingerprint density at radius 2 is 2.17 bits per heavy atom. The van der Waals surface area contributed by atoms with Crippen molar-refractivity contribution in [2.24, 2.45) is 0 Å². The smallest absolute Gasteiger partial charge is 0.341 e. The first-order valence-corrected chi connectivity index (χ1v) is 6.44. The molecule has 8 heteroatoms. The van der Waals surface area contributed by atoms with Crippen LogP contribution in [-0.2, 0) is 19.6 Å². The van der Waals surface area contributed by atoms with Crippen LogP contribution in [0.2, 0.25) is 0 Å². The SMILES string of the molecule is COC(=O)c1cccc2c1OS(=O)(=O)CC(=O)N2. The molecule has 7 nitrogen and oxygen atoms in total. The van der Waals surface area contributed by atoms with Crippen LogP contribution in [0.3, 0.4) is 0 Å². The van der Waals surface area contributed by atoms with Crippen LogP contribution in [0.25, 0.3) is 0 Å². The highest BCUT2D eigenvalue weighted by molar-refractivity contribution is 7.87. The summed E-state index contributed by atoms with van der Waals surface area (Å²) in [7, 11) is -2.91. The van der Waals surface area contributed by atoms with Gasteiger partial charge < -0.3 is 14.2 Å². The van der Waals surface area contributed by atoms with E-state index in [0.717, 1.165) is 7.11 Å². The Labute approximate surface area is 103 Å². The number of benzene rings is 1. The van der Waals surface area contributed by atoms with Gasteiger partial charge in [-0.05, 0) is 12.1 Å². The van der Waals surface area contributed by atoms with Gasteiger partial charge in [0.15, 0.2) is 11.5 Å². The summed E-state index contributed by atoms with van der Waals surface area (Å²) in [5.41, 5.74) is 0.0461. The van der Waals surface area contributed by atoms with Crippen LogP contribution < -0.4 is 9.50 Å². The Morgan fingerprint density at radius 1 is 1.44 bits per heavy atom. The molecule has 0 radical (unpaired) electrons. The maximum atomic E-state index is 11.5. The first kappa shape index (κ1) is 12.4. The maximum absolute atomic E-state index is 11.5. The normalized spacial score (nSPS) is 16.8. The molecule has 1 aromatic carbocycles. The van der Waals surface area contributed by atoms with E-state index in [0.29, 0.717) is 0 Å². The lowest BCUT2D eigenvalue weighted by molar-refractivity contribution is -0.113. The van der Waals surface area contributed by atoms with Gasteiger partial charge in [-0.25, -0.2) is 4.79 Å². The van der Waals surface area contributed by atoms with Gasteiger partial charge in [-0.3, -0.25) is 4.79 Å². The molecule has 0 saturated heterocycles. The van der Waals surface area contributed by atoms with Gasteiger partial charge >= 0.3 is 16.1 Å². The summed E-state index contributed by atoms with van der Waals surface area (Å²) in [6.07, 6.45) is 0. The summed E-state index contributed by atoms with van der Waals surface area (Å²) >= 11 is 0. The predicted molar refractivity (Wildman–Crippen MR) is 60.8 cm³/mol. The Balaban J connectivity index is 2.61. The largest absolute Gasteiger partial charge is 0.465 e. The standard InChI is InChI=1S/C10H9NO6S/c1-16-10(13)6-3-2-4-7-9(6)17-18(14,15)5-8(12)11-7/h2-4H,5H2,1H3,(H,11,12). The number of fused-ring (bicyclic) bond motifs is 1. The lowest BCUT2D eigenvalue weighted by Gasteiger charge is -2.09. The third-order valence-electron chi connectivity index (χ3n) is 2.21. The van der Waals surface area contributed by atoms with Crippen LogP contribution >= 0.6 is 0 Å². The van der Waals surface area contributed by atoms with E-state index >= 15 is 0 Å². The van der Waals surface area contributed by atoms with E-state index < -0.39 is 27.7 Å². The van der Waals surface area contributed by atoms with Gasteiger partial charge in [0, 0.05) is 0 Å². The average Bonchev–Trinajstić information content (AvgIpc) is 2.40. The average molecular weight is 271 g/mol. The van der Waals surface area contributed by atoms with Crippen molar-refractivity contribution in [3.05, 3.63) is 23.8 Å². The van der Waals surface area contributed by atoms with Gasteiger partial charge in [-0.1, -0.05) is 6.07 Å². The molecule has 2 rings (SSSR count). The van der Waals surface area contributed by atoms with Crippen LogP contribution in [0.4, 0.5) is 5.69 Å². The number of para-hydroxylation sites is 1. The minimum atomic E-state index is -4.07. The number of rotatable bonds is 1. The molecule has 0 unspecified atom stereocenters. The van der Waals surface area contributed by atoms with E-state index in [-0.39, 0.29) is 17.0 Å². The molecule has 0 aliphatic carbocycles. The highest BCUT2D eigenvalue weighted by Crippen LogP contribution is 2.32. The first-order chi connectivity index (χ1) is 8.43. The number of anilines is 1. The van der Waals surface area contributed by atoms with Crippen molar-refractivity contribution in [3.63, 3.8) is 0 Å². The van der Waals surface area contributed by atoms with Crippen LogP contribution in [0.1, 0.15) is 10.4 Å². The lowest BCUT2D eigenvalue weighted by atomic mass is 10.1. The summed E-state index contributed by atoms with van der Waals surface area (Å²) in [5, 5.41) is 2.35. The number of nitrogens with one attached hydrogen (secondary N) is 1. The summed E-state index contributed by atoms with van der Waals surface area (Å²) in [5.74, 6) is -2.51. The number of hydrogen-bond acceptors (Lipinski definition) is 6. The molecule has 0 spiro atoms. The minimum absolute atomic E-state index is 0.0687. The molecule has 1 N–H and O–H groups in total. The number of carbonyl (C=O) groups excluding carboxylic acids is 2. The van der Waals surface area contributed by atoms with E-state index in [1.165, 1.54) is 18.2 Å². The van der Waals surface area contributed by atoms with Crippen LogP contribution in [0.15, 0.2) is 18.2 Å².